The minimum atomic E-state index is 0.454. The summed E-state index contributed by atoms with van der Waals surface area (Å²) < 4.78 is 10.7. The van der Waals surface area contributed by atoms with Crippen molar-refractivity contribution in [3.63, 3.8) is 0 Å². The van der Waals surface area contributed by atoms with Crippen LogP contribution in [0.1, 0.15) is 25.8 Å². The smallest absolute Gasteiger partial charge is 0.161 e. The van der Waals surface area contributed by atoms with Crippen molar-refractivity contribution in [2.45, 2.75) is 37.8 Å². The lowest BCUT2D eigenvalue weighted by atomic mass is 10.1. The SMILES string of the molecule is COc1cc(CNC2CC2(C)C)c(SC)cc1OC. The van der Waals surface area contributed by atoms with Crippen molar-refractivity contribution < 1.29 is 9.47 Å². The molecular formula is C15H23NO2S. The van der Waals surface area contributed by atoms with Gasteiger partial charge in [-0.15, -0.1) is 11.8 Å². The summed E-state index contributed by atoms with van der Waals surface area (Å²) in [5.74, 6) is 1.59. The molecule has 19 heavy (non-hydrogen) atoms. The van der Waals surface area contributed by atoms with Gasteiger partial charge in [-0.3, -0.25) is 0 Å². The van der Waals surface area contributed by atoms with Crippen LogP contribution >= 0.6 is 11.8 Å². The van der Waals surface area contributed by atoms with E-state index in [0.717, 1.165) is 18.0 Å². The van der Waals surface area contributed by atoms with E-state index in [1.807, 2.05) is 0 Å². The summed E-state index contributed by atoms with van der Waals surface area (Å²) in [5, 5.41) is 3.62. The number of rotatable bonds is 6. The maximum absolute atomic E-state index is 5.38. The van der Waals surface area contributed by atoms with Gasteiger partial charge in [-0.2, -0.15) is 0 Å². The van der Waals surface area contributed by atoms with E-state index in [1.54, 1.807) is 26.0 Å². The maximum Gasteiger partial charge on any atom is 0.161 e. The maximum atomic E-state index is 5.38. The van der Waals surface area contributed by atoms with Crippen molar-refractivity contribution in [2.24, 2.45) is 5.41 Å². The molecule has 106 valence electrons. The van der Waals surface area contributed by atoms with Crippen LogP contribution in [-0.4, -0.2) is 26.5 Å². The van der Waals surface area contributed by atoms with Crippen LogP contribution in [0.3, 0.4) is 0 Å². The molecule has 1 aromatic rings. The second-order valence-electron chi connectivity index (χ2n) is 5.65. The fourth-order valence-corrected chi connectivity index (χ4v) is 2.90. The predicted octanol–water partition coefficient (Wildman–Crippen LogP) is 3.31. The van der Waals surface area contributed by atoms with Crippen LogP contribution in [0.2, 0.25) is 0 Å². The van der Waals surface area contributed by atoms with Crippen LogP contribution in [0, 0.1) is 5.41 Å². The Balaban J connectivity index is 2.14. The lowest BCUT2D eigenvalue weighted by Crippen LogP contribution is -2.20. The van der Waals surface area contributed by atoms with Gasteiger partial charge in [0, 0.05) is 17.5 Å². The number of benzene rings is 1. The van der Waals surface area contributed by atoms with Gasteiger partial charge >= 0.3 is 0 Å². The summed E-state index contributed by atoms with van der Waals surface area (Å²) in [5.41, 5.74) is 1.73. The fraction of sp³-hybridized carbons (Fsp3) is 0.600. The Morgan fingerprint density at radius 1 is 1.26 bits per heavy atom. The number of hydrogen-bond acceptors (Lipinski definition) is 4. The summed E-state index contributed by atoms with van der Waals surface area (Å²) in [4.78, 5) is 1.24. The Labute approximate surface area is 120 Å². The van der Waals surface area contributed by atoms with Gasteiger partial charge in [0.25, 0.3) is 0 Å². The van der Waals surface area contributed by atoms with Crippen LogP contribution in [-0.2, 0) is 6.54 Å². The molecule has 0 bridgehead atoms. The third-order valence-electron chi connectivity index (χ3n) is 3.84. The molecule has 1 aliphatic carbocycles. The highest BCUT2D eigenvalue weighted by atomic mass is 32.2. The first kappa shape index (κ1) is 14.5. The molecule has 0 saturated heterocycles. The van der Waals surface area contributed by atoms with Gasteiger partial charge in [0.1, 0.15) is 0 Å². The number of ether oxygens (including phenoxy) is 2. The zero-order valence-corrected chi connectivity index (χ0v) is 13.2. The molecule has 2 rings (SSSR count). The van der Waals surface area contributed by atoms with Gasteiger partial charge in [-0.25, -0.2) is 0 Å². The van der Waals surface area contributed by atoms with E-state index < -0.39 is 0 Å². The fourth-order valence-electron chi connectivity index (χ4n) is 2.28. The van der Waals surface area contributed by atoms with Gasteiger partial charge in [0.15, 0.2) is 11.5 Å². The van der Waals surface area contributed by atoms with Gasteiger partial charge in [0.05, 0.1) is 14.2 Å². The highest BCUT2D eigenvalue weighted by Gasteiger charge is 2.45. The average Bonchev–Trinajstić information content (AvgIpc) is 3.02. The van der Waals surface area contributed by atoms with Crippen molar-refractivity contribution in [1.29, 1.82) is 0 Å². The second kappa shape index (κ2) is 5.63. The molecule has 0 heterocycles. The molecule has 1 aliphatic rings. The van der Waals surface area contributed by atoms with Gasteiger partial charge in [0.2, 0.25) is 0 Å². The number of nitrogens with one attached hydrogen (secondary N) is 1. The minimum Gasteiger partial charge on any atom is -0.493 e. The van der Waals surface area contributed by atoms with E-state index in [-0.39, 0.29) is 0 Å². The molecule has 0 amide bonds. The molecule has 0 radical (unpaired) electrons. The van der Waals surface area contributed by atoms with Gasteiger partial charge < -0.3 is 14.8 Å². The summed E-state index contributed by atoms with van der Waals surface area (Å²) in [6.45, 7) is 5.48. The number of methoxy groups -OCH3 is 2. The Morgan fingerprint density at radius 3 is 2.32 bits per heavy atom. The van der Waals surface area contributed by atoms with Crippen LogP contribution in [0.4, 0.5) is 0 Å². The van der Waals surface area contributed by atoms with Gasteiger partial charge in [-0.05, 0) is 35.8 Å². The van der Waals surface area contributed by atoms with Crippen molar-refractivity contribution >= 4 is 11.8 Å². The Kier molecular flexibility index (Phi) is 4.31. The summed E-state index contributed by atoms with van der Waals surface area (Å²) in [6.07, 6.45) is 3.35. The minimum absolute atomic E-state index is 0.454. The largest absolute Gasteiger partial charge is 0.493 e. The molecular weight excluding hydrogens is 258 g/mol. The number of hydrogen-bond donors (Lipinski definition) is 1. The average molecular weight is 281 g/mol. The third-order valence-corrected chi connectivity index (χ3v) is 4.66. The molecule has 1 N–H and O–H groups in total. The zero-order valence-electron chi connectivity index (χ0n) is 12.4. The standard InChI is InChI=1S/C15H23NO2S/c1-15(2)8-14(15)16-9-10-6-11(17-3)12(18-4)7-13(10)19-5/h6-7,14,16H,8-9H2,1-5H3. The zero-order chi connectivity index (χ0) is 14.0. The molecule has 1 unspecified atom stereocenters. The topological polar surface area (TPSA) is 30.5 Å². The quantitative estimate of drug-likeness (QED) is 0.810. The molecule has 1 atom stereocenters. The molecule has 1 saturated carbocycles. The van der Waals surface area contributed by atoms with Crippen LogP contribution in [0.25, 0.3) is 0 Å². The second-order valence-corrected chi connectivity index (χ2v) is 6.49. The van der Waals surface area contributed by atoms with Crippen molar-refractivity contribution in [2.75, 3.05) is 20.5 Å². The first-order valence-corrected chi connectivity index (χ1v) is 7.76. The molecule has 4 heteroatoms. The third kappa shape index (κ3) is 3.18. The van der Waals surface area contributed by atoms with Crippen molar-refractivity contribution in [1.82, 2.24) is 5.32 Å². The molecule has 0 aromatic heterocycles. The van der Waals surface area contributed by atoms with Crippen LogP contribution in [0.15, 0.2) is 17.0 Å². The Morgan fingerprint density at radius 2 is 1.84 bits per heavy atom. The summed E-state index contributed by atoms with van der Waals surface area (Å²) in [7, 11) is 3.35. The Bertz CT molecular complexity index is 460. The molecule has 0 aliphatic heterocycles. The first-order chi connectivity index (χ1) is 9.01. The van der Waals surface area contributed by atoms with E-state index in [1.165, 1.54) is 16.9 Å². The van der Waals surface area contributed by atoms with Gasteiger partial charge in [-0.1, -0.05) is 13.8 Å². The Hall–Kier alpha value is -0.870. The highest BCUT2D eigenvalue weighted by molar-refractivity contribution is 7.98. The molecule has 1 fully saturated rings. The number of thioether (sulfide) groups is 1. The monoisotopic (exact) mass is 281 g/mol. The van der Waals surface area contributed by atoms with Crippen molar-refractivity contribution in [3.8, 4) is 11.5 Å². The molecule has 1 aromatic carbocycles. The first-order valence-electron chi connectivity index (χ1n) is 6.54. The van der Waals surface area contributed by atoms with E-state index in [2.05, 4.69) is 37.6 Å². The van der Waals surface area contributed by atoms with E-state index in [0.29, 0.717) is 11.5 Å². The van der Waals surface area contributed by atoms with Crippen molar-refractivity contribution in [3.05, 3.63) is 17.7 Å². The van der Waals surface area contributed by atoms with Crippen LogP contribution in [0.5, 0.6) is 11.5 Å². The van der Waals surface area contributed by atoms with E-state index >= 15 is 0 Å². The summed E-state index contributed by atoms with van der Waals surface area (Å²) >= 11 is 1.74. The molecule has 0 spiro atoms. The molecule has 3 nitrogen and oxygen atoms in total. The predicted molar refractivity (Wildman–Crippen MR) is 80.4 cm³/mol. The van der Waals surface area contributed by atoms with E-state index in [4.69, 9.17) is 9.47 Å². The van der Waals surface area contributed by atoms with E-state index in [9.17, 15) is 0 Å². The normalized spacial score (nSPS) is 20.2. The van der Waals surface area contributed by atoms with Crippen LogP contribution < -0.4 is 14.8 Å². The lowest BCUT2D eigenvalue weighted by Gasteiger charge is -2.14. The summed E-state index contributed by atoms with van der Waals surface area (Å²) in [6, 6.07) is 4.77. The highest BCUT2D eigenvalue weighted by Crippen LogP contribution is 2.45. The lowest BCUT2D eigenvalue weighted by molar-refractivity contribution is 0.353.